The molecule has 0 aromatic carbocycles. The van der Waals surface area contributed by atoms with Gasteiger partial charge in [0.15, 0.2) is 0 Å². The van der Waals surface area contributed by atoms with Crippen molar-refractivity contribution in [2.45, 2.75) is 220 Å². The zero-order valence-corrected chi connectivity index (χ0v) is 54.0. The molecule has 15 nitrogen and oxygen atoms in total. The number of ether oxygens (including phenoxy) is 3. The van der Waals surface area contributed by atoms with E-state index in [2.05, 4.69) is 81.4 Å². The second-order valence-electron chi connectivity index (χ2n) is 26.7. The van der Waals surface area contributed by atoms with Crippen LogP contribution in [0.2, 0.25) is 0 Å². The average molecular weight is 1180 g/mol. The van der Waals surface area contributed by atoms with Crippen LogP contribution in [0.4, 0.5) is 0 Å². The van der Waals surface area contributed by atoms with Gasteiger partial charge in [-0.15, -0.1) is 0 Å². The van der Waals surface area contributed by atoms with Gasteiger partial charge in [0.05, 0.1) is 48.6 Å². The monoisotopic (exact) mass is 1180 g/mol. The number of hydrogen-bond donors (Lipinski definition) is 0. The molecule has 0 spiro atoms. The highest BCUT2D eigenvalue weighted by Gasteiger charge is 2.41. The van der Waals surface area contributed by atoms with Crippen LogP contribution >= 0.6 is 0 Å². The summed E-state index contributed by atoms with van der Waals surface area (Å²) in [7, 11) is 5.11. The predicted molar refractivity (Wildman–Crippen MR) is 343 cm³/mol. The molecule has 10 rings (SSSR count). The van der Waals surface area contributed by atoms with Gasteiger partial charge < -0.3 is 37.0 Å². The molecule has 5 fully saturated rings. The fourth-order valence-electron chi connectivity index (χ4n) is 12.3. The molecule has 5 aromatic rings. The number of rotatable bonds is 18. The van der Waals surface area contributed by atoms with Crippen molar-refractivity contribution >= 4 is 0 Å². The molecule has 4 unspecified atom stereocenters. The van der Waals surface area contributed by atoms with Gasteiger partial charge in [0.2, 0.25) is 0 Å². The summed E-state index contributed by atoms with van der Waals surface area (Å²) in [5.41, 5.74) is 5.28. The highest BCUT2D eigenvalue weighted by Crippen LogP contribution is 2.39. The molecule has 15 heteroatoms. The first-order valence-electron chi connectivity index (χ1n) is 32.0. The van der Waals surface area contributed by atoms with E-state index in [-0.39, 0.29) is 88.2 Å². The molecule has 0 aliphatic heterocycles. The Balaban J connectivity index is 0.000000172. The molecule has 86 heavy (non-hydrogen) atoms. The summed E-state index contributed by atoms with van der Waals surface area (Å²) in [5, 5.41) is 18.1. The second-order valence-corrected chi connectivity index (χ2v) is 26.7. The van der Waals surface area contributed by atoms with Gasteiger partial charge in [-0.25, -0.2) is 0 Å². The topological polar surface area (TPSA) is 185 Å². The minimum absolute atomic E-state index is 0.111. The first-order chi connectivity index (χ1) is 41.1. The van der Waals surface area contributed by atoms with Crippen molar-refractivity contribution in [3.05, 3.63) is 171 Å². The zero-order chi connectivity index (χ0) is 62.8. The van der Waals surface area contributed by atoms with E-state index >= 15 is 0 Å². The van der Waals surface area contributed by atoms with Crippen molar-refractivity contribution in [2.75, 3.05) is 21.3 Å². The summed E-state index contributed by atoms with van der Waals surface area (Å²) in [4.78, 5) is 61.4. The smallest absolute Gasteiger partial charge is 0.254 e. The second kappa shape index (κ2) is 33.1. The molecule has 0 saturated heterocycles. The highest BCUT2D eigenvalue weighted by atomic mass is 16.5. The maximum Gasteiger partial charge on any atom is 0.254 e. The number of hydrogen-bond acceptors (Lipinski definition) is 10. The van der Waals surface area contributed by atoms with Gasteiger partial charge >= 0.3 is 0 Å². The summed E-state index contributed by atoms with van der Waals surface area (Å²) in [6.07, 6.45) is 24.9. The fourth-order valence-corrected chi connectivity index (χ4v) is 12.3. The quantitative estimate of drug-likeness (QED) is 0.0817. The summed E-state index contributed by atoms with van der Waals surface area (Å²) < 4.78 is 24.9. The Hall–Kier alpha value is -6.39. The van der Waals surface area contributed by atoms with Crippen molar-refractivity contribution in [3.8, 4) is 12.1 Å². The van der Waals surface area contributed by atoms with E-state index in [4.69, 9.17) is 24.7 Å². The molecule has 5 aliphatic carbocycles. The van der Waals surface area contributed by atoms with Crippen LogP contribution in [0.5, 0.6) is 0 Å². The van der Waals surface area contributed by atoms with E-state index in [1.165, 1.54) is 0 Å². The van der Waals surface area contributed by atoms with Crippen LogP contribution in [0, 0.1) is 64.1 Å². The van der Waals surface area contributed by atoms with Crippen LogP contribution in [0.25, 0.3) is 0 Å². The van der Waals surface area contributed by atoms with Crippen LogP contribution in [0.15, 0.2) is 116 Å². The Morgan fingerprint density at radius 2 is 0.616 bits per heavy atom. The molecular formula is C71H101N7O8. The summed E-state index contributed by atoms with van der Waals surface area (Å²) in [6.45, 7) is 21.3. The van der Waals surface area contributed by atoms with E-state index < -0.39 is 0 Å². The summed E-state index contributed by atoms with van der Waals surface area (Å²) in [6, 6.07) is 25.4. The van der Waals surface area contributed by atoms with Crippen LogP contribution in [-0.2, 0) is 46.3 Å². The SMILES string of the molecule is CC(C)Cc1cccn(C2CCCC(C#N)C2)c1=O.CC(C)Cc1cccn([C@@H]2CCC[C@H](C#N)C2)c1=O.COC1CC1n1cccc(CC(C)C)c1=O.CO[C@@H]1C[C@H]1n1cccc(CC(C)C)c1=O.CO[C@H]1C[C@@H]1n1cccc(CC(C)C)c1=O. The van der Waals surface area contributed by atoms with Gasteiger partial charge in [0, 0.05) is 104 Å². The first-order valence-corrected chi connectivity index (χ1v) is 32.0. The standard InChI is InChI=1S/2C16H22N2O.3C13H19NO2/c2*1-12(2)9-14-6-4-8-18(16(14)19)15-7-3-5-13(10-15)11-17;3*1-9(2)7-10-5-4-6-14(13(10)15)11-8-12(11)16-3/h2*4,6,8,12-13,15H,3,5,7,9-10H2,1-2H3;3*4-6,9,11-12H,7-8H2,1-3H3/t13-,15+;;2*11-,12-;/m0.10./s1. The van der Waals surface area contributed by atoms with Gasteiger partial charge in [-0.05, 0) is 150 Å². The maximum absolute atomic E-state index is 12.5. The minimum atomic E-state index is 0.111. The number of aromatic nitrogens is 5. The normalized spacial score (nSPS) is 23.5. The van der Waals surface area contributed by atoms with Gasteiger partial charge in [-0.2, -0.15) is 10.5 Å². The van der Waals surface area contributed by atoms with Crippen LogP contribution in [0.3, 0.4) is 0 Å². The maximum atomic E-state index is 12.5. The van der Waals surface area contributed by atoms with E-state index in [1.54, 1.807) is 21.3 Å². The Morgan fingerprint density at radius 3 is 0.826 bits per heavy atom. The van der Waals surface area contributed by atoms with Gasteiger partial charge in [0.25, 0.3) is 27.8 Å². The van der Waals surface area contributed by atoms with E-state index in [1.807, 2.05) is 114 Å². The molecule has 10 atom stereocenters. The Kier molecular flexibility index (Phi) is 26.4. The van der Waals surface area contributed by atoms with Crippen LogP contribution in [-0.4, -0.2) is 62.5 Å². The van der Waals surface area contributed by atoms with Gasteiger partial charge in [-0.1, -0.05) is 112 Å². The third-order valence-corrected chi connectivity index (χ3v) is 16.9. The van der Waals surface area contributed by atoms with Crippen molar-refractivity contribution in [3.63, 3.8) is 0 Å². The lowest BCUT2D eigenvalue weighted by atomic mass is 9.86. The molecule has 0 N–H and O–H groups in total. The Morgan fingerprint density at radius 1 is 0.384 bits per heavy atom. The van der Waals surface area contributed by atoms with Crippen LogP contribution in [0.1, 0.15) is 198 Å². The third-order valence-electron chi connectivity index (χ3n) is 16.9. The lowest BCUT2D eigenvalue weighted by molar-refractivity contribution is 0.169. The molecule has 0 amide bonds. The lowest BCUT2D eigenvalue weighted by Gasteiger charge is -2.27. The first kappa shape index (κ1) is 68.7. The van der Waals surface area contributed by atoms with Crippen molar-refractivity contribution < 1.29 is 14.2 Å². The van der Waals surface area contributed by atoms with Crippen molar-refractivity contribution in [2.24, 2.45) is 41.4 Å². The van der Waals surface area contributed by atoms with Gasteiger partial charge in [0.1, 0.15) is 0 Å². The predicted octanol–water partition coefficient (Wildman–Crippen LogP) is 12.6. The summed E-state index contributed by atoms with van der Waals surface area (Å²) >= 11 is 0. The van der Waals surface area contributed by atoms with E-state index in [0.717, 1.165) is 131 Å². The highest BCUT2D eigenvalue weighted by molar-refractivity contribution is 5.18. The minimum Gasteiger partial charge on any atom is -0.379 e. The van der Waals surface area contributed by atoms with Crippen molar-refractivity contribution in [1.82, 2.24) is 22.8 Å². The fraction of sp³-hybridized carbons (Fsp3) is 0.620. The largest absolute Gasteiger partial charge is 0.379 e. The number of nitriles is 2. The number of methoxy groups -OCH3 is 3. The molecular weight excluding hydrogens is 1080 g/mol. The molecule has 5 aliphatic rings. The number of pyridine rings is 5. The molecule has 5 saturated carbocycles. The Labute approximate surface area is 512 Å². The van der Waals surface area contributed by atoms with E-state index in [9.17, 15) is 24.0 Å². The van der Waals surface area contributed by atoms with E-state index in [0.29, 0.717) is 29.6 Å². The summed E-state index contributed by atoms with van der Waals surface area (Å²) in [5.74, 6) is 2.74. The third kappa shape index (κ3) is 19.8. The van der Waals surface area contributed by atoms with Crippen LogP contribution < -0.4 is 27.8 Å². The molecule has 5 aromatic heterocycles. The van der Waals surface area contributed by atoms with Crippen molar-refractivity contribution in [1.29, 1.82) is 10.5 Å². The average Bonchev–Trinajstić information content (AvgIpc) is 2.81. The van der Waals surface area contributed by atoms with Gasteiger partial charge in [-0.3, -0.25) is 24.0 Å². The Bertz CT molecular complexity index is 3040. The molecule has 5 heterocycles. The molecule has 0 bridgehead atoms. The number of nitrogens with zero attached hydrogens (tertiary/aromatic N) is 7. The lowest BCUT2D eigenvalue weighted by Crippen LogP contribution is -2.30. The molecule has 0 radical (unpaired) electrons. The molecule has 468 valence electrons. The zero-order valence-electron chi connectivity index (χ0n) is 54.0.